The maximum atomic E-state index is 12.5. The average molecular weight is 339 g/mol. The molecule has 0 aliphatic rings. The predicted molar refractivity (Wildman–Crippen MR) is 96.6 cm³/mol. The third-order valence-corrected chi connectivity index (χ3v) is 4.86. The monoisotopic (exact) mass is 338 g/mol. The Morgan fingerprint density at radius 1 is 1.17 bits per heavy atom. The molecule has 23 heavy (non-hydrogen) atoms. The molecular formula is C18H30N2O2S. The van der Waals surface area contributed by atoms with E-state index in [-0.39, 0.29) is 23.3 Å². The van der Waals surface area contributed by atoms with E-state index in [0.717, 1.165) is 17.7 Å². The molecule has 0 bridgehead atoms. The number of amides is 2. The zero-order valence-corrected chi connectivity index (χ0v) is 16.0. The standard InChI is InChI=1S/C18H30N2O2S/c1-12(2)7-10-16(18(4,5)6)20-17(22)15-9-8-14(23-15)11-19-13(3)21/h8-9,12,16H,7,10-11H2,1-6H3,(H,19,21)(H,20,22). The van der Waals surface area contributed by atoms with Crippen LogP contribution in [0.1, 0.15) is 68.9 Å². The van der Waals surface area contributed by atoms with E-state index >= 15 is 0 Å². The van der Waals surface area contributed by atoms with Gasteiger partial charge < -0.3 is 10.6 Å². The van der Waals surface area contributed by atoms with Gasteiger partial charge in [0.25, 0.3) is 5.91 Å². The Morgan fingerprint density at radius 2 is 1.83 bits per heavy atom. The molecule has 0 saturated heterocycles. The summed E-state index contributed by atoms with van der Waals surface area (Å²) in [6.07, 6.45) is 2.08. The number of thiophene rings is 1. The molecule has 0 radical (unpaired) electrons. The van der Waals surface area contributed by atoms with E-state index in [2.05, 4.69) is 45.3 Å². The molecule has 2 N–H and O–H groups in total. The number of rotatable bonds is 7. The van der Waals surface area contributed by atoms with Crippen molar-refractivity contribution in [2.45, 2.75) is 67.0 Å². The Hall–Kier alpha value is -1.36. The zero-order chi connectivity index (χ0) is 17.6. The van der Waals surface area contributed by atoms with Gasteiger partial charge in [-0.05, 0) is 36.3 Å². The highest BCUT2D eigenvalue weighted by atomic mass is 32.1. The van der Waals surface area contributed by atoms with Gasteiger partial charge in [-0.1, -0.05) is 34.6 Å². The van der Waals surface area contributed by atoms with Crippen LogP contribution in [-0.4, -0.2) is 17.9 Å². The first-order valence-corrected chi connectivity index (χ1v) is 9.05. The molecule has 5 heteroatoms. The van der Waals surface area contributed by atoms with E-state index in [1.807, 2.05) is 12.1 Å². The van der Waals surface area contributed by atoms with E-state index in [0.29, 0.717) is 17.3 Å². The van der Waals surface area contributed by atoms with Gasteiger partial charge in [-0.25, -0.2) is 0 Å². The molecule has 1 rings (SSSR count). The molecule has 1 aromatic rings. The fourth-order valence-corrected chi connectivity index (χ4v) is 3.11. The second kappa shape index (κ2) is 8.48. The van der Waals surface area contributed by atoms with Gasteiger partial charge in [0, 0.05) is 17.8 Å². The van der Waals surface area contributed by atoms with Crippen LogP contribution in [0.2, 0.25) is 0 Å². The van der Waals surface area contributed by atoms with Gasteiger partial charge in [0.2, 0.25) is 5.91 Å². The first kappa shape index (κ1) is 19.7. The molecule has 1 atom stereocenters. The van der Waals surface area contributed by atoms with Crippen molar-refractivity contribution < 1.29 is 9.59 Å². The van der Waals surface area contributed by atoms with Gasteiger partial charge in [-0.2, -0.15) is 0 Å². The van der Waals surface area contributed by atoms with E-state index in [1.54, 1.807) is 0 Å². The summed E-state index contributed by atoms with van der Waals surface area (Å²) in [7, 11) is 0. The van der Waals surface area contributed by atoms with Gasteiger partial charge in [0.15, 0.2) is 0 Å². The summed E-state index contributed by atoms with van der Waals surface area (Å²) in [5, 5.41) is 5.94. The summed E-state index contributed by atoms with van der Waals surface area (Å²) >= 11 is 1.43. The minimum absolute atomic E-state index is 0.0206. The van der Waals surface area contributed by atoms with Crippen molar-refractivity contribution in [3.63, 3.8) is 0 Å². The summed E-state index contributed by atoms with van der Waals surface area (Å²) in [5.74, 6) is 0.543. The first-order chi connectivity index (χ1) is 10.6. The quantitative estimate of drug-likeness (QED) is 0.790. The largest absolute Gasteiger partial charge is 0.351 e. The Morgan fingerprint density at radius 3 is 2.35 bits per heavy atom. The summed E-state index contributed by atoms with van der Waals surface area (Å²) < 4.78 is 0. The average Bonchev–Trinajstić information content (AvgIpc) is 2.88. The van der Waals surface area contributed by atoms with Crippen LogP contribution in [0.4, 0.5) is 0 Å². The highest BCUT2D eigenvalue weighted by Gasteiger charge is 2.26. The lowest BCUT2D eigenvalue weighted by Crippen LogP contribution is -2.43. The molecule has 1 heterocycles. The maximum absolute atomic E-state index is 12.5. The molecule has 130 valence electrons. The van der Waals surface area contributed by atoms with Gasteiger partial charge >= 0.3 is 0 Å². The van der Waals surface area contributed by atoms with Crippen molar-refractivity contribution in [3.05, 3.63) is 21.9 Å². The van der Waals surface area contributed by atoms with E-state index in [4.69, 9.17) is 0 Å². The van der Waals surface area contributed by atoms with Crippen LogP contribution < -0.4 is 10.6 Å². The molecule has 0 fully saturated rings. The van der Waals surface area contributed by atoms with Crippen molar-refractivity contribution in [2.75, 3.05) is 0 Å². The summed E-state index contributed by atoms with van der Waals surface area (Å²) in [6, 6.07) is 3.88. The van der Waals surface area contributed by atoms with Crippen LogP contribution in [0.15, 0.2) is 12.1 Å². The van der Waals surface area contributed by atoms with Crippen molar-refractivity contribution in [2.24, 2.45) is 11.3 Å². The second-order valence-corrected chi connectivity index (χ2v) is 8.71. The molecule has 4 nitrogen and oxygen atoms in total. The Kier molecular flexibility index (Phi) is 7.26. The summed E-state index contributed by atoms with van der Waals surface area (Å²) in [5.41, 5.74) is 0.0286. The highest BCUT2D eigenvalue weighted by Crippen LogP contribution is 2.25. The lowest BCUT2D eigenvalue weighted by atomic mass is 9.83. The number of hydrogen-bond donors (Lipinski definition) is 2. The fraction of sp³-hybridized carbons (Fsp3) is 0.667. The number of nitrogens with one attached hydrogen (secondary N) is 2. The minimum Gasteiger partial charge on any atom is -0.351 e. The predicted octanol–water partition coefficient (Wildman–Crippen LogP) is 3.96. The maximum Gasteiger partial charge on any atom is 0.261 e. The molecule has 0 aromatic carbocycles. The number of carbonyl (C=O) groups is 2. The van der Waals surface area contributed by atoms with Gasteiger partial charge in [-0.15, -0.1) is 11.3 Å². The van der Waals surface area contributed by atoms with Crippen molar-refractivity contribution in [1.82, 2.24) is 10.6 Å². The van der Waals surface area contributed by atoms with Crippen molar-refractivity contribution in [1.29, 1.82) is 0 Å². The topological polar surface area (TPSA) is 58.2 Å². The summed E-state index contributed by atoms with van der Waals surface area (Å²) in [4.78, 5) is 25.1. The van der Waals surface area contributed by atoms with Crippen LogP contribution in [-0.2, 0) is 11.3 Å². The van der Waals surface area contributed by atoms with E-state index < -0.39 is 0 Å². The SMILES string of the molecule is CC(=O)NCc1ccc(C(=O)NC(CCC(C)C)C(C)(C)C)s1. The molecule has 1 aromatic heterocycles. The Labute approximate surface area is 144 Å². The Balaban J connectivity index is 2.69. The Bertz CT molecular complexity index is 529. The lowest BCUT2D eigenvalue weighted by molar-refractivity contribution is -0.119. The van der Waals surface area contributed by atoms with Crippen LogP contribution in [0.3, 0.4) is 0 Å². The number of hydrogen-bond acceptors (Lipinski definition) is 3. The molecule has 0 aliphatic carbocycles. The lowest BCUT2D eigenvalue weighted by Gasteiger charge is -2.32. The normalized spacial score (nSPS) is 13.0. The zero-order valence-electron chi connectivity index (χ0n) is 15.2. The third-order valence-electron chi connectivity index (χ3n) is 3.78. The van der Waals surface area contributed by atoms with Crippen molar-refractivity contribution in [3.8, 4) is 0 Å². The number of carbonyl (C=O) groups excluding carboxylic acids is 2. The molecule has 2 amide bonds. The highest BCUT2D eigenvalue weighted by molar-refractivity contribution is 7.14. The summed E-state index contributed by atoms with van der Waals surface area (Å²) in [6.45, 7) is 12.9. The minimum atomic E-state index is -0.0640. The van der Waals surface area contributed by atoms with E-state index in [9.17, 15) is 9.59 Å². The molecular weight excluding hydrogens is 308 g/mol. The van der Waals surface area contributed by atoms with E-state index in [1.165, 1.54) is 18.3 Å². The molecule has 0 saturated carbocycles. The van der Waals surface area contributed by atoms with Gasteiger partial charge in [-0.3, -0.25) is 9.59 Å². The van der Waals surface area contributed by atoms with Crippen molar-refractivity contribution >= 4 is 23.2 Å². The fourth-order valence-electron chi connectivity index (χ4n) is 2.26. The third kappa shape index (κ3) is 7.16. The molecule has 0 aliphatic heterocycles. The van der Waals surface area contributed by atoms with Crippen LogP contribution >= 0.6 is 11.3 Å². The molecule has 1 unspecified atom stereocenters. The molecule has 0 spiro atoms. The van der Waals surface area contributed by atoms with Crippen LogP contribution in [0.25, 0.3) is 0 Å². The van der Waals surface area contributed by atoms with Crippen LogP contribution in [0, 0.1) is 11.3 Å². The second-order valence-electron chi connectivity index (χ2n) is 7.54. The van der Waals surface area contributed by atoms with Crippen LogP contribution in [0.5, 0.6) is 0 Å². The van der Waals surface area contributed by atoms with Gasteiger partial charge in [0.05, 0.1) is 11.4 Å². The smallest absolute Gasteiger partial charge is 0.261 e. The first-order valence-electron chi connectivity index (χ1n) is 8.23. The van der Waals surface area contributed by atoms with Gasteiger partial charge in [0.1, 0.15) is 0 Å².